The molecule has 110 valence electrons. The zero-order valence-electron chi connectivity index (χ0n) is 11.5. The van der Waals surface area contributed by atoms with Crippen molar-refractivity contribution in [2.75, 3.05) is 17.3 Å². The average Bonchev–Trinajstić information content (AvgIpc) is 2.71. The molecule has 1 N–H and O–H groups in total. The number of hydrogen-bond donors (Lipinski definition) is 1. The van der Waals surface area contributed by atoms with Gasteiger partial charge in [-0.25, -0.2) is 8.42 Å². The lowest BCUT2D eigenvalue weighted by Crippen LogP contribution is -2.36. The van der Waals surface area contributed by atoms with Gasteiger partial charge in [0.25, 0.3) is 0 Å². The molecule has 1 aliphatic rings. The normalized spacial score (nSPS) is 20.8. The molecular formula is C14H19NO3S2. The topological polar surface area (TPSA) is 63.2 Å². The van der Waals surface area contributed by atoms with Gasteiger partial charge in [-0.2, -0.15) is 0 Å². The number of carbonyl (C=O) groups excluding carboxylic acids is 1. The van der Waals surface area contributed by atoms with E-state index in [0.717, 1.165) is 5.75 Å². The van der Waals surface area contributed by atoms with E-state index >= 15 is 0 Å². The van der Waals surface area contributed by atoms with Gasteiger partial charge in [0.15, 0.2) is 9.84 Å². The van der Waals surface area contributed by atoms with Crippen molar-refractivity contribution < 1.29 is 13.2 Å². The molecule has 0 aliphatic carbocycles. The Hall–Kier alpha value is -1.01. The molecular weight excluding hydrogens is 294 g/mol. The molecule has 1 amide bonds. The summed E-state index contributed by atoms with van der Waals surface area (Å²) in [5.74, 6) is 1.35. The summed E-state index contributed by atoms with van der Waals surface area (Å²) < 4.78 is 22.6. The lowest BCUT2D eigenvalue weighted by molar-refractivity contribution is -0.119. The third-order valence-electron chi connectivity index (χ3n) is 3.22. The maximum atomic E-state index is 11.7. The average molecular weight is 313 g/mol. The summed E-state index contributed by atoms with van der Waals surface area (Å²) in [4.78, 5) is 11.7. The van der Waals surface area contributed by atoms with Crippen molar-refractivity contribution in [3.05, 3.63) is 35.4 Å². The molecule has 0 bridgehead atoms. The van der Waals surface area contributed by atoms with E-state index in [4.69, 9.17) is 0 Å². The van der Waals surface area contributed by atoms with Crippen LogP contribution in [0.25, 0.3) is 0 Å². The van der Waals surface area contributed by atoms with Crippen LogP contribution in [0.5, 0.6) is 0 Å². The number of nitrogens with one attached hydrogen (secondary N) is 1. The van der Waals surface area contributed by atoms with Crippen LogP contribution >= 0.6 is 11.8 Å². The molecule has 1 aromatic rings. The first-order valence-corrected chi connectivity index (χ1v) is 9.55. The summed E-state index contributed by atoms with van der Waals surface area (Å²) in [6.45, 7) is 2.04. The molecule has 1 saturated heterocycles. The quantitative estimate of drug-likeness (QED) is 0.895. The number of aryl methyl sites for hydroxylation is 1. The minimum atomic E-state index is -2.93. The third kappa shape index (κ3) is 4.83. The van der Waals surface area contributed by atoms with E-state index in [1.807, 2.05) is 6.92 Å². The number of sulfone groups is 1. The molecule has 4 nitrogen and oxygen atoms in total. The van der Waals surface area contributed by atoms with Crippen LogP contribution in [0.3, 0.4) is 0 Å². The van der Waals surface area contributed by atoms with E-state index in [0.29, 0.717) is 12.2 Å². The van der Waals surface area contributed by atoms with Gasteiger partial charge >= 0.3 is 0 Å². The highest BCUT2D eigenvalue weighted by molar-refractivity contribution is 7.99. The molecule has 1 heterocycles. The number of benzene rings is 1. The smallest absolute Gasteiger partial charge is 0.230 e. The Kier molecular flexibility index (Phi) is 5.10. The van der Waals surface area contributed by atoms with Crippen LogP contribution in [-0.2, 0) is 20.4 Å². The van der Waals surface area contributed by atoms with Crippen molar-refractivity contribution in [1.29, 1.82) is 0 Å². The Morgan fingerprint density at radius 3 is 2.65 bits per heavy atom. The number of amides is 1. The molecule has 0 radical (unpaired) electrons. The molecule has 1 aromatic carbocycles. The largest absolute Gasteiger partial charge is 0.352 e. The van der Waals surface area contributed by atoms with Crippen LogP contribution in [0, 0.1) is 6.92 Å². The van der Waals surface area contributed by atoms with Crippen LogP contribution in [0.1, 0.15) is 17.5 Å². The van der Waals surface area contributed by atoms with Crippen LogP contribution in [0.15, 0.2) is 24.3 Å². The summed E-state index contributed by atoms with van der Waals surface area (Å²) in [6.07, 6.45) is 0.538. The van der Waals surface area contributed by atoms with Gasteiger partial charge in [0.2, 0.25) is 5.91 Å². The van der Waals surface area contributed by atoms with Crippen molar-refractivity contribution >= 4 is 27.5 Å². The highest BCUT2D eigenvalue weighted by Gasteiger charge is 2.28. The van der Waals surface area contributed by atoms with Gasteiger partial charge in [0, 0.05) is 11.8 Å². The Morgan fingerprint density at radius 1 is 1.35 bits per heavy atom. The van der Waals surface area contributed by atoms with Crippen LogP contribution in [0.2, 0.25) is 0 Å². The molecule has 0 aromatic heterocycles. The SMILES string of the molecule is Cc1ccc(CSCC(=O)N[C@@H]2CCS(=O)(=O)C2)cc1. The summed E-state index contributed by atoms with van der Waals surface area (Å²) in [6, 6.07) is 8.03. The summed E-state index contributed by atoms with van der Waals surface area (Å²) in [5, 5.41) is 2.79. The monoisotopic (exact) mass is 313 g/mol. The predicted octanol–water partition coefficient (Wildman–Crippen LogP) is 1.53. The van der Waals surface area contributed by atoms with E-state index in [-0.39, 0.29) is 23.5 Å². The van der Waals surface area contributed by atoms with Crippen molar-refractivity contribution in [2.24, 2.45) is 0 Å². The van der Waals surface area contributed by atoms with Gasteiger partial charge in [-0.05, 0) is 18.9 Å². The van der Waals surface area contributed by atoms with Crippen molar-refractivity contribution in [2.45, 2.75) is 25.1 Å². The fourth-order valence-electron chi connectivity index (χ4n) is 2.12. The Bertz CT molecular complexity index is 567. The molecule has 0 unspecified atom stereocenters. The maximum absolute atomic E-state index is 11.7. The molecule has 20 heavy (non-hydrogen) atoms. The first-order valence-electron chi connectivity index (χ1n) is 6.58. The lowest BCUT2D eigenvalue weighted by atomic mass is 10.2. The molecule has 6 heteroatoms. The molecule has 0 spiro atoms. The van der Waals surface area contributed by atoms with Crippen molar-refractivity contribution in [1.82, 2.24) is 5.32 Å². The van der Waals surface area contributed by atoms with E-state index < -0.39 is 9.84 Å². The van der Waals surface area contributed by atoms with Gasteiger partial charge in [-0.3, -0.25) is 4.79 Å². The van der Waals surface area contributed by atoms with Gasteiger partial charge in [0.05, 0.1) is 17.3 Å². The number of thioether (sulfide) groups is 1. The lowest BCUT2D eigenvalue weighted by Gasteiger charge is -2.10. The minimum Gasteiger partial charge on any atom is -0.352 e. The minimum absolute atomic E-state index is 0.0794. The summed E-state index contributed by atoms with van der Waals surface area (Å²) in [7, 11) is -2.93. The van der Waals surface area contributed by atoms with Crippen LogP contribution < -0.4 is 5.32 Å². The first-order chi connectivity index (χ1) is 9.44. The third-order valence-corrected chi connectivity index (χ3v) is 5.99. The van der Waals surface area contributed by atoms with Crippen LogP contribution in [-0.4, -0.2) is 37.6 Å². The highest BCUT2D eigenvalue weighted by Crippen LogP contribution is 2.14. The maximum Gasteiger partial charge on any atom is 0.230 e. The number of carbonyl (C=O) groups is 1. The Labute approximate surface area is 124 Å². The zero-order chi connectivity index (χ0) is 14.6. The van der Waals surface area contributed by atoms with Gasteiger partial charge in [-0.1, -0.05) is 29.8 Å². The zero-order valence-corrected chi connectivity index (χ0v) is 13.1. The second kappa shape index (κ2) is 6.63. The summed E-state index contributed by atoms with van der Waals surface area (Å²) in [5.41, 5.74) is 2.41. The second-order valence-corrected chi connectivity index (χ2v) is 8.36. The fourth-order valence-corrected chi connectivity index (χ4v) is 4.60. The van der Waals surface area contributed by atoms with Gasteiger partial charge < -0.3 is 5.32 Å². The van der Waals surface area contributed by atoms with Crippen molar-refractivity contribution in [3.63, 3.8) is 0 Å². The molecule has 1 fully saturated rings. The van der Waals surface area contributed by atoms with Gasteiger partial charge in [-0.15, -0.1) is 11.8 Å². The number of rotatable bonds is 5. The van der Waals surface area contributed by atoms with Crippen LogP contribution in [0.4, 0.5) is 0 Å². The van der Waals surface area contributed by atoms with E-state index in [9.17, 15) is 13.2 Å². The Morgan fingerprint density at radius 2 is 2.05 bits per heavy atom. The molecule has 2 rings (SSSR count). The first kappa shape index (κ1) is 15.4. The molecule has 0 saturated carbocycles. The van der Waals surface area contributed by atoms with Gasteiger partial charge in [0.1, 0.15) is 0 Å². The van der Waals surface area contributed by atoms with E-state index in [1.54, 1.807) is 11.8 Å². The predicted molar refractivity (Wildman–Crippen MR) is 82.5 cm³/mol. The van der Waals surface area contributed by atoms with E-state index in [1.165, 1.54) is 11.1 Å². The molecule has 1 aliphatic heterocycles. The number of hydrogen-bond acceptors (Lipinski definition) is 4. The van der Waals surface area contributed by atoms with E-state index in [2.05, 4.69) is 29.6 Å². The second-order valence-electron chi connectivity index (χ2n) is 5.15. The molecule has 1 atom stereocenters. The fraction of sp³-hybridized carbons (Fsp3) is 0.500. The highest BCUT2D eigenvalue weighted by atomic mass is 32.2. The van der Waals surface area contributed by atoms with Crippen molar-refractivity contribution in [3.8, 4) is 0 Å². The Balaban J connectivity index is 1.69. The standard InChI is InChI=1S/C14H19NO3S2/c1-11-2-4-12(5-3-11)8-19-9-14(16)15-13-6-7-20(17,18)10-13/h2-5,13H,6-10H2,1H3,(H,15,16)/t13-/m1/s1. The summed E-state index contributed by atoms with van der Waals surface area (Å²) >= 11 is 1.54.